The van der Waals surface area contributed by atoms with Gasteiger partial charge in [-0.25, -0.2) is 4.79 Å². The lowest BCUT2D eigenvalue weighted by Gasteiger charge is -2.31. The van der Waals surface area contributed by atoms with Gasteiger partial charge in [0, 0.05) is 12.6 Å². The van der Waals surface area contributed by atoms with Gasteiger partial charge >= 0.3 is 6.09 Å². The van der Waals surface area contributed by atoms with Gasteiger partial charge in [-0.15, -0.1) is 0 Å². The lowest BCUT2D eigenvalue weighted by Crippen LogP contribution is -2.43. The lowest BCUT2D eigenvalue weighted by molar-refractivity contribution is 0.0576. The topological polar surface area (TPSA) is 29.5 Å². The highest BCUT2D eigenvalue weighted by Gasteiger charge is 2.22. The first-order valence-electron chi connectivity index (χ1n) is 4.19. The van der Waals surface area contributed by atoms with Crippen LogP contribution in [0.3, 0.4) is 0 Å². The molecule has 0 aliphatic carbocycles. The molecule has 1 fully saturated rings. The highest BCUT2D eigenvalue weighted by molar-refractivity contribution is 5.68. The van der Waals surface area contributed by atoms with E-state index in [4.69, 9.17) is 4.74 Å². The lowest BCUT2D eigenvalue weighted by atomic mass is 10.2. The minimum Gasteiger partial charge on any atom is -0.449 e. The SMILES string of the molecule is CCC(C)N1CCCOC1=O. The van der Waals surface area contributed by atoms with Crippen LogP contribution in [0.25, 0.3) is 0 Å². The molecule has 1 atom stereocenters. The quantitative estimate of drug-likeness (QED) is 0.609. The van der Waals surface area contributed by atoms with Crippen molar-refractivity contribution < 1.29 is 9.53 Å². The molecule has 0 saturated carbocycles. The molecule has 1 heterocycles. The van der Waals surface area contributed by atoms with Crippen molar-refractivity contribution in [2.45, 2.75) is 32.7 Å². The van der Waals surface area contributed by atoms with Crippen molar-refractivity contribution in [1.82, 2.24) is 4.90 Å². The average Bonchev–Trinajstić information content (AvgIpc) is 2.04. The Kier molecular flexibility index (Phi) is 2.74. The Morgan fingerprint density at radius 3 is 3.00 bits per heavy atom. The predicted octanol–water partition coefficient (Wildman–Crippen LogP) is 1.63. The molecule has 11 heavy (non-hydrogen) atoms. The fourth-order valence-corrected chi connectivity index (χ4v) is 1.19. The number of hydrogen-bond donors (Lipinski definition) is 0. The van der Waals surface area contributed by atoms with E-state index in [0.717, 1.165) is 19.4 Å². The van der Waals surface area contributed by atoms with E-state index in [1.165, 1.54) is 0 Å². The van der Waals surface area contributed by atoms with E-state index in [1.807, 2.05) is 6.92 Å². The number of ether oxygens (including phenoxy) is 1. The maximum atomic E-state index is 11.1. The van der Waals surface area contributed by atoms with Gasteiger partial charge in [-0.3, -0.25) is 0 Å². The molecule has 0 aromatic carbocycles. The van der Waals surface area contributed by atoms with Crippen molar-refractivity contribution in [3.63, 3.8) is 0 Å². The zero-order valence-electron chi connectivity index (χ0n) is 7.17. The maximum Gasteiger partial charge on any atom is 0.409 e. The first-order valence-corrected chi connectivity index (χ1v) is 4.19. The summed E-state index contributed by atoms with van der Waals surface area (Å²) in [5.41, 5.74) is 0. The van der Waals surface area contributed by atoms with Crippen molar-refractivity contribution in [3.05, 3.63) is 0 Å². The monoisotopic (exact) mass is 157 g/mol. The molecule has 1 amide bonds. The fourth-order valence-electron chi connectivity index (χ4n) is 1.19. The minimum atomic E-state index is -0.148. The van der Waals surface area contributed by atoms with Crippen LogP contribution in [0.15, 0.2) is 0 Å². The summed E-state index contributed by atoms with van der Waals surface area (Å²) in [7, 11) is 0. The molecule has 1 aliphatic rings. The molecule has 3 nitrogen and oxygen atoms in total. The average molecular weight is 157 g/mol. The Morgan fingerprint density at radius 2 is 2.45 bits per heavy atom. The van der Waals surface area contributed by atoms with Gasteiger partial charge in [0.1, 0.15) is 0 Å². The van der Waals surface area contributed by atoms with Crippen LogP contribution in [0.2, 0.25) is 0 Å². The minimum absolute atomic E-state index is 0.148. The van der Waals surface area contributed by atoms with Gasteiger partial charge in [0.05, 0.1) is 6.61 Å². The number of carbonyl (C=O) groups is 1. The largest absolute Gasteiger partial charge is 0.449 e. The molecule has 1 unspecified atom stereocenters. The number of rotatable bonds is 2. The molecule has 0 aromatic heterocycles. The van der Waals surface area contributed by atoms with E-state index >= 15 is 0 Å². The Hall–Kier alpha value is -0.730. The molecular formula is C8H15NO2. The Morgan fingerprint density at radius 1 is 1.73 bits per heavy atom. The third kappa shape index (κ3) is 1.85. The second-order valence-corrected chi connectivity index (χ2v) is 2.92. The van der Waals surface area contributed by atoms with Crippen molar-refractivity contribution in [2.75, 3.05) is 13.2 Å². The summed E-state index contributed by atoms with van der Waals surface area (Å²) in [5.74, 6) is 0. The van der Waals surface area contributed by atoms with Crippen molar-refractivity contribution in [1.29, 1.82) is 0 Å². The molecule has 1 aliphatic heterocycles. The Labute approximate surface area is 67.3 Å². The van der Waals surface area contributed by atoms with E-state index in [2.05, 4.69) is 6.92 Å². The number of cyclic esters (lactones) is 1. The Bertz CT molecular complexity index is 147. The molecule has 0 bridgehead atoms. The van der Waals surface area contributed by atoms with Crippen LogP contribution in [-0.4, -0.2) is 30.2 Å². The second-order valence-electron chi connectivity index (χ2n) is 2.92. The highest BCUT2D eigenvalue weighted by atomic mass is 16.6. The van der Waals surface area contributed by atoms with E-state index in [9.17, 15) is 4.79 Å². The molecule has 1 saturated heterocycles. The van der Waals surface area contributed by atoms with Gasteiger partial charge < -0.3 is 9.64 Å². The standard InChI is InChI=1S/C8H15NO2/c1-3-7(2)9-5-4-6-11-8(9)10/h7H,3-6H2,1-2H3. The van der Waals surface area contributed by atoms with Crippen LogP contribution >= 0.6 is 0 Å². The van der Waals surface area contributed by atoms with Gasteiger partial charge in [-0.1, -0.05) is 6.92 Å². The second kappa shape index (κ2) is 3.60. The summed E-state index contributed by atoms with van der Waals surface area (Å²) in [4.78, 5) is 12.9. The van der Waals surface area contributed by atoms with Gasteiger partial charge in [-0.2, -0.15) is 0 Å². The summed E-state index contributed by atoms with van der Waals surface area (Å²) in [6.45, 7) is 5.57. The van der Waals surface area contributed by atoms with E-state index in [0.29, 0.717) is 12.6 Å². The van der Waals surface area contributed by atoms with E-state index in [-0.39, 0.29) is 6.09 Å². The zero-order chi connectivity index (χ0) is 8.27. The summed E-state index contributed by atoms with van der Waals surface area (Å²) in [6, 6.07) is 0.322. The number of carbonyl (C=O) groups excluding carboxylic acids is 1. The number of nitrogens with zero attached hydrogens (tertiary/aromatic N) is 1. The van der Waals surface area contributed by atoms with Gasteiger partial charge in [0.25, 0.3) is 0 Å². The van der Waals surface area contributed by atoms with E-state index in [1.54, 1.807) is 4.90 Å². The third-order valence-electron chi connectivity index (χ3n) is 2.13. The maximum absolute atomic E-state index is 11.1. The summed E-state index contributed by atoms with van der Waals surface area (Å²) in [5, 5.41) is 0. The van der Waals surface area contributed by atoms with Gasteiger partial charge in [0.15, 0.2) is 0 Å². The molecule has 0 aromatic rings. The molecule has 0 N–H and O–H groups in total. The van der Waals surface area contributed by atoms with E-state index < -0.39 is 0 Å². The smallest absolute Gasteiger partial charge is 0.409 e. The first kappa shape index (κ1) is 8.37. The van der Waals surface area contributed by atoms with Crippen LogP contribution in [0.5, 0.6) is 0 Å². The Balaban J connectivity index is 2.47. The zero-order valence-corrected chi connectivity index (χ0v) is 7.17. The van der Waals surface area contributed by atoms with Gasteiger partial charge in [0.2, 0.25) is 0 Å². The first-order chi connectivity index (χ1) is 5.25. The van der Waals surface area contributed by atoms with Crippen molar-refractivity contribution in [2.24, 2.45) is 0 Å². The molecule has 1 rings (SSSR count). The normalized spacial score (nSPS) is 21.3. The van der Waals surface area contributed by atoms with Crippen LogP contribution < -0.4 is 0 Å². The van der Waals surface area contributed by atoms with Gasteiger partial charge in [-0.05, 0) is 19.8 Å². The summed E-state index contributed by atoms with van der Waals surface area (Å²) in [6.07, 6.45) is 1.82. The molecule has 64 valence electrons. The van der Waals surface area contributed by atoms with Crippen LogP contribution in [0.4, 0.5) is 4.79 Å². The highest BCUT2D eigenvalue weighted by Crippen LogP contribution is 2.10. The molecule has 0 radical (unpaired) electrons. The number of amides is 1. The molecular weight excluding hydrogens is 142 g/mol. The van der Waals surface area contributed by atoms with Crippen LogP contribution in [0.1, 0.15) is 26.7 Å². The summed E-state index contributed by atoms with van der Waals surface area (Å²) >= 11 is 0. The number of hydrogen-bond acceptors (Lipinski definition) is 2. The third-order valence-corrected chi connectivity index (χ3v) is 2.13. The fraction of sp³-hybridized carbons (Fsp3) is 0.875. The van der Waals surface area contributed by atoms with Crippen molar-refractivity contribution >= 4 is 6.09 Å². The van der Waals surface area contributed by atoms with Crippen LogP contribution in [-0.2, 0) is 4.74 Å². The van der Waals surface area contributed by atoms with Crippen molar-refractivity contribution in [3.8, 4) is 0 Å². The summed E-state index contributed by atoms with van der Waals surface area (Å²) < 4.78 is 4.90. The predicted molar refractivity (Wildman–Crippen MR) is 42.4 cm³/mol. The van der Waals surface area contributed by atoms with Crippen LogP contribution in [0, 0.1) is 0 Å². The molecule has 3 heteroatoms. The molecule has 0 spiro atoms.